The fourth-order valence-electron chi connectivity index (χ4n) is 1.05. The van der Waals surface area contributed by atoms with Crippen LogP contribution in [0.5, 0.6) is 0 Å². The highest BCUT2D eigenvalue weighted by Crippen LogP contribution is 2.07. The number of hydrogen-bond donors (Lipinski definition) is 2. The molecule has 0 aromatic rings. The van der Waals surface area contributed by atoms with Crippen LogP contribution in [0.15, 0.2) is 0 Å². The highest BCUT2D eigenvalue weighted by molar-refractivity contribution is 14.1. The van der Waals surface area contributed by atoms with E-state index in [0.717, 1.165) is 0 Å². The van der Waals surface area contributed by atoms with Crippen LogP contribution in [0.2, 0.25) is 0 Å². The summed E-state index contributed by atoms with van der Waals surface area (Å²) in [6.07, 6.45) is 0.0666. The second-order valence-corrected chi connectivity index (χ2v) is 3.05. The molecule has 11 heavy (non-hydrogen) atoms. The van der Waals surface area contributed by atoms with Crippen molar-refractivity contribution in [2.24, 2.45) is 0 Å². The van der Waals surface area contributed by atoms with E-state index in [2.05, 4.69) is 5.32 Å². The fourth-order valence-corrected chi connectivity index (χ4v) is 1.36. The van der Waals surface area contributed by atoms with Crippen LogP contribution in [-0.2, 0) is 9.53 Å². The predicted octanol–water partition coefficient (Wildman–Crippen LogP) is -0.355. The molecule has 0 saturated carbocycles. The van der Waals surface area contributed by atoms with Crippen molar-refractivity contribution in [1.29, 1.82) is 0 Å². The standard InChI is InChI=1S/C6H10INO3/c7-3-11-6(10)5-1-4(9)2-8-5/h4-5,8-9H,1-3H2/t4-,5-/m0/s1. The number of aliphatic hydroxyl groups is 1. The number of ether oxygens (including phenoxy) is 1. The van der Waals surface area contributed by atoms with Crippen LogP contribution in [0.1, 0.15) is 6.42 Å². The number of carbonyl (C=O) groups excluding carboxylic acids is 1. The zero-order valence-corrected chi connectivity index (χ0v) is 8.08. The van der Waals surface area contributed by atoms with E-state index in [1.807, 2.05) is 22.6 Å². The molecule has 0 aromatic carbocycles. The summed E-state index contributed by atoms with van der Waals surface area (Å²) in [6.45, 7) is 0.487. The lowest BCUT2D eigenvalue weighted by molar-refractivity contribution is -0.143. The van der Waals surface area contributed by atoms with Gasteiger partial charge in [-0.05, 0) is 22.6 Å². The average molecular weight is 271 g/mol. The van der Waals surface area contributed by atoms with Gasteiger partial charge in [0.25, 0.3) is 0 Å². The van der Waals surface area contributed by atoms with E-state index >= 15 is 0 Å². The number of rotatable bonds is 2. The van der Waals surface area contributed by atoms with Gasteiger partial charge in [0, 0.05) is 13.0 Å². The van der Waals surface area contributed by atoms with Crippen molar-refractivity contribution in [3.8, 4) is 0 Å². The van der Waals surface area contributed by atoms with Crippen LogP contribution in [0.25, 0.3) is 0 Å². The van der Waals surface area contributed by atoms with Crippen molar-refractivity contribution >= 4 is 28.6 Å². The average Bonchev–Trinajstić information content (AvgIpc) is 2.36. The molecular formula is C6H10INO3. The minimum absolute atomic E-state index is 0.268. The van der Waals surface area contributed by atoms with Gasteiger partial charge < -0.3 is 15.2 Å². The first-order valence-electron chi connectivity index (χ1n) is 3.38. The zero-order chi connectivity index (χ0) is 8.27. The molecule has 2 atom stereocenters. The second kappa shape index (κ2) is 4.22. The van der Waals surface area contributed by atoms with E-state index in [4.69, 9.17) is 9.84 Å². The Morgan fingerprint density at radius 2 is 2.55 bits per heavy atom. The number of carbonyl (C=O) groups is 1. The van der Waals surface area contributed by atoms with Crippen molar-refractivity contribution in [2.45, 2.75) is 18.6 Å². The van der Waals surface area contributed by atoms with Gasteiger partial charge >= 0.3 is 5.97 Å². The van der Waals surface area contributed by atoms with Gasteiger partial charge in [0.2, 0.25) is 0 Å². The third kappa shape index (κ3) is 2.57. The van der Waals surface area contributed by atoms with Gasteiger partial charge in [-0.2, -0.15) is 0 Å². The molecule has 0 radical (unpaired) electrons. The molecule has 0 unspecified atom stereocenters. The first-order chi connectivity index (χ1) is 5.24. The molecule has 0 aromatic heterocycles. The molecule has 1 fully saturated rings. The first kappa shape index (κ1) is 9.21. The van der Waals surface area contributed by atoms with Gasteiger partial charge in [-0.3, -0.25) is 4.79 Å². The number of aliphatic hydroxyl groups excluding tert-OH is 1. The summed E-state index contributed by atoms with van der Waals surface area (Å²) in [5.41, 5.74) is 0. The zero-order valence-electron chi connectivity index (χ0n) is 5.92. The fraction of sp³-hybridized carbons (Fsp3) is 0.833. The van der Waals surface area contributed by atoms with Gasteiger partial charge in [-0.25, -0.2) is 0 Å². The Morgan fingerprint density at radius 3 is 3.00 bits per heavy atom. The molecule has 1 rings (SSSR count). The summed E-state index contributed by atoms with van der Waals surface area (Å²) in [6, 6.07) is -0.306. The molecule has 2 N–H and O–H groups in total. The molecule has 64 valence electrons. The van der Waals surface area contributed by atoms with E-state index in [9.17, 15) is 4.79 Å². The molecule has 0 aliphatic carbocycles. The predicted molar refractivity (Wildman–Crippen MR) is 47.4 cm³/mol. The van der Waals surface area contributed by atoms with Gasteiger partial charge in [0.15, 0.2) is 0 Å². The highest BCUT2D eigenvalue weighted by Gasteiger charge is 2.28. The summed E-state index contributed by atoms with van der Waals surface area (Å²) in [7, 11) is 0. The molecule has 1 saturated heterocycles. The van der Waals surface area contributed by atoms with Crippen molar-refractivity contribution in [3.63, 3.8) is 0 Å². The monoisotopic (exact) mass is 271 g/mol. The Balaban J connectivity index is 2.31. The van der Waals surface area contributed by atoms with Gasteiger partial charge in [0.05, 0.1) is 6.10 Å². The minimum Gasteiger partial charge on any atom is -0.454 e. The normalized spacial score (nSPS) is 30.4. The topological polar surface area (TPSA) is 58.6 Å². The van der Waals surface area contributed by atoms with Crippen LogP contribution in [-0.4, -0.2) is 34.4 Å². The van der Waals surface area contributed by atoms with Gasteiger partial charge in [-0.1, -0.05) is 0 Å². The van der Waals surface area contributed by atoms with Gasteiger partial charge in [0.1, 0.15) is 10.7 Å². The smallest absolute Gasteiger partial charge is 0.324 e. The SMILES string of the molecule is O=C(OCI)[C@@H]1C[C@H](O)CN1. The third-order valence-electron chi connectivity index (χ3n) is 1.59. The van der Waals surface area contributed by atoms with E-state index < -0.39 is 6.10 Å². The van der Waals surface area contributed by atoms with Crippen molar-refractivity contribution < 1.29 is 14.6 Å². The molecule has 5 heteroatoms. The van der Waals surface area contributed by atoms with Crippen LogP contribution in [0.4, 0.5) is 0 Å². The van der Waals surface area contributed by atoms with E-state index in [-0.39, 0.29) is 12.0 Å². The van der Waals surface area contributed by atoms with Crippen LogP contribution < -0.4 is 5.32 Å². The summed E-state index contributed by atoms with van der Waals surface area (Å²) < 4.78 is 5.11. The summed E-state index contributed by atoms with van der Waals surface area (Å²) in [5, 5.41) is 11.9. The number of alkyl halides is 1. The molecule has 1 aliphatic heterocycles. The molecule has 1 aliphatic rings. The summed E-state index contributed by atoms with van der Waals surface area (Å²) in [5.74, 6) is -0.268. The highest BCUT2D eigenvalue weighted by atomic mass is 127. The lowest BCUT2D eigenvalue weighted by atomic mass is 10.2. The maximum atomic E-state index is 11.0. The number of esters is 1. The number of hydrogen-bond acceptors (Lipinski definition) is 4. The largest absolute Gasteiger partial charge is 0.454 e. The molecule has 1 heterocycles. The third-order valence-corrected chi connectivity index (χ3v) is 1.90. The van der Waals surface area contributed by atoms with Crippen LogP contribution in [0, 0.1) is 0 Å². The Bertz CT molecular complexity index is 153. The molecule has 0 amide bonds. The van der Waals surface area contributed by atoms with Crippen LogP contribution >= 0.6 is 22.6 Å². The quantitative estimate of drug-likeness (QED) is 0.409. The van der Waals surface area contributed by atoms with Crippen LogP contribution in [0.3, 0.4) is 0 Å². The maximum absolute atomic E-state index is 11.0. The number of β-amino-alcohol motifs (C(OH)–C–C–N with tert-alkyl or cyclic N) is 1. The van der Waals surface area contributed by atoms with Gasteiger partial charge in [-0.15, -0.1) is 0 Å². The molecule has 4 nitrogen and oxygen atoms in total. The van der Waals surface area contributed by atoms with E-state index in [1.165, 1.54) is 0 Å². The Hall–Kier alpha value is 0.120. The lowest BCUT2D eigenvalue weighted by Gasteiger charge is -2.06. The van der Waals surface area contributed by atoms with E-state index in [1.54, 1.807) is 0 Å². The van der Waals surface area contributed by atoms with Crippen molar-refractivity contribution in [3.05, 3.63) is 0 Å². The second-order valence-electron chi connectivity index (χ2n) is 2.42. The van der Waals surface area contributed by atoms with Crippen molar-refractivity contribution in [1.82, 2.24) is 5.32 Å². The number of nitrogens with one attached hydrogen (secondary N) is 1. The first-order valence-corrected chi connectivity index (χ1v) is 4.90. The molecule has 0 bridgehead atoms. The lowest BCUT2D eigenvalue weighted by Crippen LogP contribution is -2.32. The minimum atomic E-state index is -0.401. The Kier molecular flexibility index (Phi) is 3.53. The van der Waals surface area contributed by atoms with E-state index in [0.29, 0.717) is 17.6 Å². The number of halogens is 1. The maximum Gasteiger partial charge on any atom is 0.324 e. The summed E-state index contributed by atoms with van der Waals surface area (Å²) in [4.78, 5) is 11.0. The molecular weight excluding hydrogens is 261 g/mol. The van der Waals surface area contributed by atoms with Crippen molar-refractivity contribution in [2.75, 3.05) is 11.2 Å². The Morgan fingerprint density at radius 1 is 1.82 bits per heavy atom. The molecule has 0 spiro atoms. The Labute approximate surface area is 78.4 Å². The summed E-state index contributed by atoms with van der Waals surface area (Å²) >= 11 is 1.96.